The van der Waals surface area contributed by atoms with Crippen molar-refractivity contribution in [2.24, 2.45) is 17.8 Å². The molecule has 7 rings (SSSR count). The molecule has 0 saturated heterocycles. The fraction of sp³-hybridized carbons (Fsp3) is 0.594. The van der Waals surface area contributed by atoms with Crippen LogP contribution in [0, 0.1) is 17.8 Å². The van der Waals surface area contributed by atoms with Crippen LogP contribution in [0.15, 0.2) is 42.9 Å². The van der Waals surface area contributed by atoms with Gasteiger partial charge in [-0.3, -0.25) is 0 Å². The second-order valence-corrected chi connectivity index (χ2v) is 13.0. The third-order valence-electron chi connectivity index (χ3n) is 9.51. The van der Waals surface area contributed by atoms with Gasteiger partial charge in [0.15, 0.2) is 5.52 Å². The number of rotatable bonds is 5. The first-order valence-electron chi connectivity index (χ1n) is 13.9. The van der Waals surface area contributed by atoms with Crippen LogP contribution in [0.5, 0.6) is 0 Å². The SMILES string of the molecule is CC(C)c1cc(C(C)C)c(-c2cccc3c[n+](C45CC6CC(CC(C6)C4)C5)cn23)c(C(C)C)c1. The summed E-state index contributed by atoms with van der Waals surface area (Å²) in [6.45, 7) is 14.1. The number of pyridine rings is 1. The van der Waals surface area contributed by atoms with Crippen LogP contribution in [0.25, 0.3) is 16.8 Å². The average Bonchev–Trinajstić information content (AvgIpc) is 3.22. The van der Waals surface area contributed by atoms with Crippen LogP contribution in [0.1, 0.15) is 115 Å². The minimum absolute atomic E-state index is 0.362. The first-order valence-corrected chi connectivity index (χ1v) is 13.9. The van der Waals surface area contributed by atoms with Gasteiger partial charge in [0.05, 0.1) is 0 Å². The van der Waals surface area contributed by atoms with E-state index in [1.807, 2.05) is 0 Å². The van der Waals surface area contributed by atoms with Gasteiger partial charge in [-0.25, -0.2) is 4.57 Å². The smallest absolute Gasteiger partial charge is 0.230 e. The highest BCUT2D eigenvalue weighted by molar-refractivity contribution is 5.73. The van der Waals surface area contributed by atoms with Gasteiger partial charge in [-0.15, -0.1) is 0 Å². The van der Waals surface area contributed by atoms with Crippen LogP contribution >= 0.6 is 0 Å². The van der Waals surface area contributed by atoms with Gasteiger partial charge < -0.3 is 0 Å². The summed E-state index contributed by atoms with van der Waals surface area (Å²) in [6.07, 6.45) is 13.6. The molecule has 4 bridgehead atoms. The number of fused-ring (bicyclic) bond motifs is 1. The second kappa shape index (κ2) is 7.97. The lowest BCUT2D eigenvalue weighted by Gasteiger charge is -2.54. The Kier molecular flexibility index (Phi) is 5.24. The summed E-state index contributed by atoms with van der Waals surface area (Å²) in [5.41, 5.74) is 9.00. The summed E-state index contributed by atoms with van der Waals surface area (Å²) in [5.74, 6) is 4.42. The van der Waals surface area contributed by atoms with Crippen molar-refractivity contribution in [3.63, 3.8) is 0 Å². The molecule has 0 spiro atoms. The third-order valence-corrected chi connectivity index (χ3v) is 9.51. The second-order valence-electron chi connectivity index (χ2n) is 13.0. The monoisotopic (exact) mass is 455 g/mol. The number of benzene rings is 1. The maximum atomic E-state index is 2.67. The standard InChI is InChI=1S/C32H43N2/c1-20(2)26-13-28(21(3)4)31(29(14-26)22(5)6)30-9-7-8-27-18-33(19-34(27)30)32-15-23-10-24(16-32)12-25(11-23)17-32/h7-9,13-14,18-25H,10-12,15-17H2,1-6H3/q+1. The number of hydrogen-bond donors (Lipinski definition) is 0. The molecule has 1 aromatic carbocycles. The predicted octanol–water partition coefficient (Wildman–Crippen LogP) is 8.19. The van der Waals surface area contributed by atoms with Crippen molar-refractivity contribution in [1.29, 1.82) is 0 Å². The molecule has 34 heavy (non-hydrogen) atoms. The summed E-state index contributed by atoms with van der Waals surface area (Å²) in [4.78, 5) is 0. The van der Waals surface area contributed by atoms with Crippen molar-refractivity contribution in [1.82, 2.24) is 4.40 Å². The Hall–Kier alpha value is -2.09. The Morgan fingerprint density at radius 1 is 0.794 bits per heavy atom. The molecular weight excluding hydrogens is 412 g/mol. The molecule has 0 atom stereocenters. The van der Waals surface area contributed by atoms with Crippen molar-refractivity contribution in [2.45, 2.75) is 103 Å². The Balaban J connectivity index is 1.54. The quantitative estimate of drug-likeness (QED) is 0.343. The third kappa shape index (κ3) is 3.47. The fourth-order valence-corrected chi connectivity index (χ4v) is 8.17. The fourth-order valence-electron chi connectivity index (χ4n) is 8.17. The molecule has 0 amide bonds. The van der Waals surface area contributed by atoms with Gasteiger partial charge in [-0.05, 0) is 103 Å². The average molecular weight is 456 g/mol. The van der Waals surface area contributed by atoms with E-state index < -0.39 is 0 Å². The Morgan fingerprint density at radius 2 is 1.35 bits per heavy atom. The normalized spacial score (nSPS) is 28.2. The molecule has 2 aromatic heterocycles. The number of hydrogen-bond acceptors (Lipinski definition) is 0. The van der Waals surface area contributed by atoms with Crippen LogP contribution in [0.3, 0.4) is 0 Å². The lowest BCUT2D eigenvalue weighted by Crippen LogP contribution is -2.64. The molecule has 2 nitrogen and oxygen atoms in total. The van der Waals surface area contributed by atoms with Gasteiger partial charge in [0, 0.05) is 5.56 Å². The zero-order valence-corrected chi connectivity index (χ0v) is 22.1. The maximum absolute atomic E-state index is 2.67. The van der Waals surface area contributed by atoms with Gasteiger partial charge >= 0.3 is 0 Å². The van der Waals surface area contributed by atoms with E-state index in [2.05, 4.69) is 93.4 Å². The summed E-state index contributed by atoms with van der Waals surface area (Å²) >= 11 is 0. The lowest BCUT2D eigenvalue weighted by molar-refractivity contribution is -0.775. The van der Waals surface area contributed by atoms with Gasteiger partial charge in [0.1, 0.15) is 17.4 Å². The highest BCUT2D eigenvalue weighted by Gasteiger charge is 2.54. The maximum Gasteiger partial charge on any atom is 0.249 e. The van der Waals surface area contributed by atoms with E-state index in [9.17, 15) is 0 Å². The van der Waals surface area contributed by atoms with Crippen molar-refractivity contribution >= 4 is 5.52 Å². The molecule has 0 aliphatic heterocycles. The van der Waals surface area contributed by atoms with E-state index in [1.54, 1.807) is 0 Å². The van der Waals surface area contributed by atoms with Gasteiger partial charge in [0.25, 0.3) is 0 Å². The van der Waals surface area contributed by atoms with Gasteiger partial charge in [0.2, 0.25) is 6.33 Å². The van der Waals surface area contributed by atoms with E-state index in [1.165, 1.54) is 72.0 Å². The molecule has 4 aliphatic rings. The van der Waals surface area contributed by atoms with Crippen LogP contribution in [-0.4, -0.2) is 4.40 Å². The van der Waals surface area contributed by atoms with Crippen molar-refractivity contribution < 1.29 is 4.57 Å². The van der Waals surface area contributed by atoms with Crippen LogP contribution in [0.2, 0.25) is 0 Å². The lowest BCUT2D eigenvalue weighted by atomic mass is 9.53. The Bertz CT molecular complexity index is 1160. The van der Waals surface area contributed by atoms with E-state index in [0.717, 1.165) is 17.8 Å². The number of nitrogens with zero attached hydrogens (tertiary/aromatic N) is 2. The first kappa shape index (κ1) is 22.4. The highest BCUT2D eigenvalue weighted by atomic mass is 15.2. The minimum Gasteiger partial charge on any atom is -0.230 e. The summed E-state index contributed by atoms with van der Waals surface area (Å²) in [5, 5.41) is 0. The highest BCUT2D eigenvalue weighted by Crippen LogP contribution is 2.57. The molecule has 180 valence electrons. The van der Waals surface area contributed by atoms with Crippen molar-refractivity contribution in [2.75, 3.05) is 0 Å². The molecule has 0 unspecified atom stereocenters. The number of aromatic nitrogens is 2. The Morgan fingerprint density at radius 3 is 1.85 bits per heavy atom. The van der Waals surface area contributed by atoms with E-state index in [0.29, 0.717) is 23.3 Å². The van der Waals surface area contributed by atoms with Crippen molar-refractivity contribution in [3.8, 4) is 11.3 Å². The molecule has 4 saturated carbocycles. The first-order chi connectivity index (χ1) is 16.2. The van der Waals surface area contributed by atoms with E-state index in [-0.39, 0.29) is 0 Å². The van der Waals surface area contributed by atoms with Crippen molar-refractivity contribution in [3.05, 3.63) is 59.5 Å². The largest absolute Gasteiger partial charge is 0.249 e. The van der Waals surface area contributed by atoms with Crippen LogP contribution in [-0.2, 0) is 5.54 Å². The predicted molar refractivity (Wildman–Crippen MR) is 141 cm³/mol. The minimum atomic E-state index is 0.362. The molecule has 4 fully saturated rings. The Labute approximate surface area is 206 Å². The van der Waals surface area contributed by atoms with Gasteiger partial charge in [-0.2, -0.15) is 4.40 Å². The molecule has 0 radical (unpaired) electrons. The molecular formula is C32H43N2+. The zero-order valence-electron chi connectivity index (χ0n) is 22.1. The summed E-state index contributed by atoms with van der Waals surface area (Å²) in [6, 6.07) is 11.9. The number of imidazole rings is 1. The molecule has 2 heterocycles. The zero-order chi connectivity index (χ0) is 23.8. The molecule has 0 N–H and O–H groups in total. The van der Waals surface area contributed by atoms with Crippen LogP contribution in [0.4, 0.5) is 0 Å². The van der Waals surface area contributed by atoms with E-state index in [4.69, 9.17) is 0 Å². The molecule has 4 aliphatic carbocycles. The summed E-state index contributed by atoms with van der Waals surface area (Å²) in [7, 11) is 0. The van der Waals surface area contributed by atoms with Crippen LogP contribution < -0.4 is 4.57 Å². The molecule has 2 heteroatoms. The van der Waals surface area contributed by atoms with E-state index >= 15 is 0 Å². The topological polar surface area (TPSA) is 8.29 Å². The summed E-state index contributed by atoms with van der Waals surface area (Å²) < 4.78 is 5.18. The molecule has 3 aromatic rings. The van der Waals surface area contributed by atoms with Gasteiger partial charge in [-0.1, -0.05) is 59.7 Å².